The number of nitrogens with zero attached hydrogens (tertiary/aromatic N) is 1. The molecule has 2 aromatic carbocycles. The van der Waals surface area contributed by atoms with Crippen molar-refractivity contribution in [3.8, 4) is 0 Å². The molecule has 1 atom stereocenters. The summed E-state index contributed by atoms with van der Waals surface area (Å²) in [6, 6.07) is 16.3. The minimum Gasteiger partial charge on any atom is -0.478 e. The predicted molar refractivity (Wildman–Crippen MR) is 133 cm³/mol. The van der Waals surface area contributed by atoms with E-state index < -0.39 is 5.97 Å². The second-order valence-corrected chi connectivity index (χ2v) is 10.1. The van der Waals surface area contributed by atoms with E-state index in [2.05, 4.69) is 65.0 Å². The lowest BCUT2D eigenvalue weighted by Gasteiger charge is -2.38. The highest BCUT2D eigenvalue weighted by Gasteiger charge is 2.36. The van der Waals surface area contributed by atoms with Gasteiger partial charge in [-0.15, -0.1) is 0 Å². The molecule has 4 rings (SSSR count). The number of para-hydroxylation sites is 1. The van der Waals surface area contributed by atoms with Crippen molar-refractivity contribution < 1.29 is 9.90 Å². The number of carbonyl (C=O) groups is 1. The van der Waals surface area contributed by atoms with Crippen LogP contribution in [0.2, 0.25) is 0 Å². The fourth-order valence-electron chi connectivity index (χ4n) is 4.79. The van der Waals surface area contributed by atoms with Crippen LogP contribution in [0.1, 0.15) is 86.1 Å². The lowest BCUT2D eigenvalue weighted by molar-refractivity contribution is 0.0696. The summed E-state index contributed by atoms with van der Waals surface area (Å²) in [6.07, 6.45) is 4.92. The van der Waals surface area contributed by atoms with Crippen LogP contribution in [-0.2, 0) is 6.42 Å². The van der Waals surface area contributed by atoms with Crippen molar-refractivity contribution in [3.05, 3.63) is 76.5 Å². The standard InChI is InChI=1S/C29H33NO2/c1-6-29(4,5)22-16-21(15-19-11-13-20(14-12-19)18(2)3)27-24(17-22)26(28(31)32)23-9-7-8-10-25(23)30-27/h7-15,18,22H,6,16-17H2,1-5H3,(H,31,32)/b21-15+. The van der Waals surface area contributed by atoms with Gasteiger partial charge in [0.25, 0.3) is 0 Å². The van der Waals surface area contributed by atoms with E-state index in [4.69, 9.17) is 4.98 Å². The van der Waals surface area contributed by atoms with Gasteiger partial charge in [-0.05, 0) is 64.5 Å². The number of hydrogen-bond donors (Lipinski definition) is 1. The second-order valence-electron chi connectivity index (χ2n) is 10.1. The number of carboxylic acids is 1. The van der Waals surface area contributed by atoms with E-state index in [9.17, 15) is 9.90 Å². The van der Waals surface area contributed by atoms with Gasteiger partial charge >= 0.3 is 5.97 Å². The fourth-order valence-corrected chi connectivity index (χ4v) is 4.79. The molecule has 0 amide bonds. The Bertz CT molecular complexity index is 1190. The van der Waals surface area contributed by atoms with Gasteiger partial charge in [0, 0.05) is 5.39 Å². The SMILES string of the molecule is CCC(C)(C)C1C/C(=C\c2ccc(C(C)C)cc2)c2nc3ccccc3c(C(=O)O)c2C1. The van der Waals surface area contributed by atoms with E-state index in [1.54, 1.807) is 0 Å². The smallest absolute Gasteiger partial charge is 0.336 e. The zero-order chi connectivity index (χ0) is 23.0. The molecule has 166 valence electrons. The number of rotatable bonds is 5. The third-order valence-electron chi connectivity index (χ3n) is 7.39. The summed E-state index contributed by atoms with van der Waals surface area (Å²) in [5.41, 5.74) is 6.62. The number of allylic oxidation sites excluding steroid dienone is 1. The van der Waals surface area contributed by atoms with Gasteiger partial charge in [0.2, 0.25) is 0 Å². The van der Waals surface area contributed by atoms with E-state index in [0.29, 0.717) is 17.4 Å². The molecular weight excluding hydrogens is 394 g/mol. The zero-order valence-electron chi connectivity index (χ0n) is 19.8. The molecule has 0 bridgehead atoms. The minimum atomic E-state index is -0.865. The lowest BCUT2D eigenvalue weighted by atomic mass is 9.67. The summed E-state index contributed by atoms with van der Waals surface area (Å²) in [7, 11) is 0. The van der Waals surface area contributed by atoms with Crippen LogP contribution < -0.4 is 0 Å². The molecular formula is C29H33NO2. The summed E-state index contributed by atoms with van der Waals surface area (Å²) in [5, 5.41) is 10.9. The van der Waals surface area contributed by atoms with Gasteiger partial charge in [0.15, 0.2) is 0 Å². The van der Waals surface area contributed by atoms with Crippen LogP contribution in [0.4, 0.5) is 0 Å². The van der Waals surface area contributed by atoms with Gasteiger partial charge in [-0.3, -0.25) is 0 Å². The molecule has 3 nitrogen and oxygen atoms in total. The molecule has 32 heavy (non-hydrogen) atoms. The number of hydrogen-bond acceptors (Lipinski definition) is 2. The molecule has 1 aliphatic carbocycles. The van der Waals surface area contributed by atoms with E-state index >= 15 is 0 Å². The first-order valence-electron chi connectivity index (χ1n) is 11.7. The molecule has 1 aliphatic rings. The average molecular weight is 428 g/mol. The molecule has 3 heteroatoms. The zero-order valence-corrected chi connectivity index (χ0v) is 19.8. The van der Waals surface area contributed by atoms with Gasteiger partial charge in [-0.2, -0.15) is 0 Å². The van der Waals surface area contributed by atoms with Gasteiger partial charge in [0.05, 0.1) is 16.8 Å². The third-order valence-corrected chi connectivity index (χ3v) is 7.39. The Balaban J connectivity index is 1.93. The maximum atomic E-state index is 12.4. The Kier molecular flexibility index (Phi) is 5.94. The first kappa shape index (κ1) is 22.3. The van der Waals surface area contributed by atoms with Crippen molar-refractivity contribution in [2.24, 2.45) is 11.3 Å². The van der Waals surface area contributed by atoms with Crippen LogP contribution in [0.5, 0.6) is 0 Å². The second kappa shape index (κ2) is 8.54. The molecule has 3 aromatic rings. The van der Waals surface area contributed by atoms with Crippen molar-refractivity contribution in [2.75, 3.05) is 0 Å². The molecule has 0 saturated heterocycles. The molecule has 0 radical (unpaired) electrons. The maximum Gasteiger partial charge on any atom is 0.336 e. The molecule has 0 fully saturated rings. The number of pyridine rings is 1. The summed E-state index contributed by atoms with van der Waals surface area (Å²) in [6.45, 7) is 11.2. The quantitative estimate of drug-likeness (QED) is 0.456. The van der Waals surface area contributed by atoms with E-state index in [1.165, 1.54) is 5.56 Å². The number of aromatic carboxylic acids is 1. The molecule has 1 N–H and O–H groups in total. The summed E-state index contributed by atoms with van der Waals surface area (Å²) in [5.74, 6) is -0.00862. The van der Waals surface area contributed by atoms with Crippen molar-refractivity contribution in [2.45, 2.75) is 59.8 Å². The highest BCUT2D eigenvalue weighted by molar-refractivity contribution is 6.06. The Labute approximate surface area is 191 Å². The summed E-state index contributed by atoms with van der Waals surface area (Å²) in [4.78, 5) is 17.4. The molecule has 0 aliphatic heterocycles. The van der Waals surface area contributed by atoms with Crippen molar-refractivity contribution in [1.29, 1.82) is 0 Å². The van der Waals surface area contributed by atoms with Gasteiger partial charge < -0.3 is 5.11 Å². The molecule has 1 aromatic heterocycles. The number of benzene rings is 2. The largest absolute Gasteiger partial charge is 0.478 e. The predicted octanol–water partition coefficient (Wildman–Crippen LogP) is 7.60. The molecule has 0 spiro atoms. The van der Waals surface area contributed by atoms with Gasteiger partial charge in [0.1, 0.15) is 0 Å². The summed E-state index contributed by atoms with van der Waals surface area (Å²) >= 11 is 0. The first-order valence-corrected chi connectivity index (χ1v) is 11.7. The highest BCUT2D eigenvalue weighted by Crippen LogP contribution is 2.46. The Morgan fingerprint density at radius 2 is 1.81 bits per heavy atom. The van der Waals surface area contributed by atoms with Crippen LogP contribution in [0.3, 0.4) is 0 Å². The molecule has 1 heterocycles. The van der Waals surface area contributed by atoms with Gasteiger partial charge in [-0.25, -0.2) is 9.78 Å². The van der Waals surface area contributed by atoms with E-state index in [0.717, 1.165) is 52.6 Å². The third kappa shape index (κ3) is 4.09. The van der Waals surface area contributed by atoms with Crippen LogP contribution in [0.15, 0.2) is 48.5 Å². The Hall–Kier alpha value is -2.94. The van der Waals surface area contributed by atoms with Crippen LogP contribution in [-0.4, -0.2) is 16.1 Å². The Morgan fingerprint density at radius 1 is 1.12 bits per heavy atom. The monoisotopic (exact) mass is 427 g/mol. The molecule has 0 saturated carbocycles. The Morgan fingerprint density at radius 3 is 2.44 bits per heavy atom. The van der Waals surface area contributed by atoms with Crippen LogP contribution in [0.25, 0.3) is 22.6 Å². The average Bonchev–Trinajstić information content (AvgIpc) is 2.77. The topological polar surface area (TPSA) is 50.2 Å². The minimum absolute atomic E-state index is 0.111. The maximum absolute atomic E-state index is 12.4. The fraction of sp³-hybridized carbons (Fsp3) is 0.379. The van der Waals surface area contributed by atoms with Gasteiger partial charge in [-0.1, -0.05) is 83.5 Å². The summed E-state index contributed by atoms with van der Waals surface area (Å²) < 4.78 is 0. The van der Waals surface area contributed by atoms with E-state index in [1.807, 2.05) is 24.3 Å². The lowest BCUT2D eigenvalue weighted by Crippen LogP contribution is -2.30. The van der Waals surface area contributed by atoms with Crippen molar-refractivity contribution in [3.63, 3.8) is 0 Å². The van der Waals surface area contributed by atoms with Crippen molar-refractivity contribution in [1.82, 2.24) is 4.98 Å². The molecule has 1 unspecified atom stereocenters. The number of fused-ring (bicyclic) bond motifs is 2. The van der Waals surface area contributed by atoms with Crippen molar-refractivity contribution >= 4 is 28.5 Å². The van der Waals surface area contributed by atoms with E-state index in [-0.39, 0.29) is 5.41 Å². The highest BCUT2D eigenvalue weighted by atomic mass is 16.4. The number of carboxylic acid groups (broad SMARTS) is 1. The van der Waals surface area contributed by atoms with Crippen LogP contribution >= 0.6 is 0 Å². The normalized spacial score (nSPS) is 17.7. The first-order chi connectivity index (χ1) is 15.2. The van der Waals surface area contributed by atoms with Crippen LogP contribution in [0, 0.1) is 11.3 Å². The number of aromatic nitrogens is 1.